The SMILES string of the molecule is Clc1cc(-c2c[nH]c3ncccc23)cc(NC2CCCN(C3CCC3)C2)n1. The Labute approximate surface area is 164 Å². The molecule has 3 aromatic rings. The number of likely N-dealkylation sites (tertiary alicyclic amines) is 1. The largest absolute Gasteiger partial charge is 0.366 e. The van der Waals surface area contributed by atoms with Crippen LogP contribution in [0.5, 0.6) is 0 Å². The van der Waals surface area contributed by atoms with Crippen LogP contribution in [0.3, 0.4) is 0 Å². The summed E-state index contributed by atoms with van der Waals surface area (Å²) >= 11 is 6.36. The van der Waals surface area contributed by atoms with Crippen molar-refractivity contribution in [2.75, 3.05) is 18.4 Å². The fourth-order valence-electron chi connectivity index (χ4n) is 4.34. The second kappa shape index (κ2) is 7.13. The van der Waals surface area contributed by atoms with Gasteiger partial charge in [0.25, 0.3) is 0 Å². The number of halogens is 1. The monoisotopic (exact) mass is 381 g/mol. The molecule has 3 aromatic heterocycles. The van der Waals surface area contributed by atoms with Gasteiger partial charge in [-0.2, -0.15) is 0 Å². The summed E-state index contributed by atoms with van der Waals surface area (Å²) in [5.74, 6) is 0.858. The van der Waals surface area contributed by atoms with Crippen LogP contribution in [0, 0.1) is 0 Å². The Balaban J connectivity index is 1.39. The lowest BCUT2D eigenvalue weighted by Gasteiger charge is -2.42. The molecule has 0 bridgehead atoms. The lowest BCUT2D eigenvalue weighted by molar-refractivity contribution is 0.0990. The molecule has 27 heavy (non-hydrogen) atoms. The summed E-state index contributed by atoms with van der Waals surface area (Å²) in [4.78, 5) is 14.8. The van der Waals surface area contributed by atoms with E-state index in [1.54, 1.807) is 6.20 Å². The highest BCUT2D eigenvalue weighted by Gasteiger charge is 2.29. The second-order valence-corrected chi connectivity index (χ2v) is 8.12. The van der Waals surface area contributed by atoms with Gasteiger partial charge >= 0.3 is 0 Å². The summed E-state index contributed by atoms with van der Waals surface area (Å²) in [6, 6.07) is 9.29. The summed E-state index contributed by atoms with van der Waals surface area (Å²) in [7, 11) is 0. The Morgan fingerprint density at radius 2 is 2.11 bits per heavy atom. The van der Waals surface area contributed by atoms with Gasteiger partial charge in [0.1, 0.15) is 16.6 Å². The molecule has 1 unspecified atom stereocenters. The molecule has 6 heteroatoms. The van der Waals surface area contributed by atoms with E-state index in [-0.39, 0.29) is 0 Å². The minimum atomic E-state index is 0.433. The van der Waals surface area contributed by atoms with E-state index in [9.17, 15) is 0 Å². The minimum absolute atomic E-state index is 0.433. The summed E-state index contributed by atoms with van der Waals surface area (Å²) in [6.45, 7) is 2.34. The van der Waals surface area contributed by atoms with Gasteiger partial charge in [0.2, 0.25) is 0 Å². The number of pyridine rings is 2. The molecule has 0 spiro atoms. The topological polar surface area (TPSA) is 56.8 Å². The fraction of sp³-hybridized carbons (Fsp3) is 0.429. The van der Waals surface area contributed by atoms with E-state index < -0.39 is 0 Å². The first-order chi connectivity index (χ1) is 13.3. The van der Waals surface area contributed by atoms with E-state index in [1.807, 2.05) is 18.3 Å². The molecule has 2 N–H and O–H groups in total. The summed E-state index contributed by atoms with van der Waals surface area (Å²) in [5, 5.41) is 5.25. The first-order valence-electron chi connectivity index (χ1n) is 9.87. The third-order valence-corrected chi connectivity index (χ3v) is 6.15. The number of hydrogen-bond donors (Lipinski definition) is 2. The van der Waals surface area contributed by atoms with Crippen molar-refractivity contribution in [3.63, 3.8) is 0 Å². The van der Waals surface area contributed by atoms with Crippen molar-refractivity contribution in [1.82, 2.24) is 19.9 Å². The molecule has 0 aromatic carbocycles. The highest BCUT2D eigenvalue weighted by atomic mass is 35.5. The molecule has 1 saturated heterocycles. The standard InChI is InChI=1S/C21H24ClN5/c22-19-10-14(18-12-24-21-17(18)7-2-8-23-21)11-20(26-19)25-15-4-3-9-27(13-15)16-5-1-6-16/h2,7-8,10-12,15-16H,1,3-6,9,13H2,(H,23,24)(H,25,26). The average Bonchev–Trinajstić information content (AvgIpc) is 3.04. The Kier molecular flexibility index (Phi) is 4.50. The van der Waals surface area contributed by atoms with Crippen LogP contribution in [0.1, 0.15) is 32.1 Å². The number of anilines is 1. The maximum absolute atomic E-state index is 6.36. The van der Waals surface area contributed by atoms with Crippen LogP contribution < -0.4 is 5.32 Å². The van der Waals surface area contributed by atoms with Crippen LogP contribution in [0.2, 0.25) is 5.15 Å². The number of aromatic nitrogens is 3. The van der Waals surface area contributed by atoms with Crippen molar-refractivity contribution in [3.8, 4) is 11.1 Å². The van der Waals surface area contributed by atoms with Gasteiger partial charge in [0, 0.05) is 42.0 Å². The molecule has 2 fully saturated rings. The highest BCUT2D eigenvalue weighted by molar-refractivity contribution is 6.29. The van der Waals surface area contributed by atoms with Crippen LogP contribution in [-0.4, -0.2) is 45.0 Å². The van der Waals surface area contributed by atoms with Gasteiger partial charge < -0.3 is 10.3 Å². The molecule has 2 aliphatic rings. The average molecular weight is 382 g/mol. The molecule has 5 rings (SSSR count). The van der Waals surface area contributed by atoms with Gasteiger partial charge in [0.15, 0.2) is 0 Å². The highest BCUT2D eigenvalue weighted by Crippen LogP contribution is 2.32. The van der Waals surface area contributed by atoms with Crippen LogP contribution in [0.15, 0.2) is 36.7 Å². The maximum Gasteiger partial charge on any atom is 0.137 e. The number of hydrogen-bond acceptors (Lipinski definition) is 4. The zero-order valence-electron chi connectivity index (χ0n) is 15.3. The van der Waals surface area contributed by atoms with Crippen LogP contribution in [0.4, 0.5) is 5.82 Å². The van der Waals surface area contributed by atoms with Gasteiger partial charge in [-0.05, 0) is 62.1 Å². The molecule has 140 valence electrons. The number of H-pyrrole nitrogens is 1. The molecule has 1 atom stereocenters. The Hall–Kier alpha value is -2.11. The molecule has 5 nitrogen and oxygen atoms in total. The first kappa shape index (κ1) is 17.0. The number of nitrogens with one attached hydrogen (secondary N) is 2. The van der Waals surface area contributed by atoms with Crippen molar-refractivity contribution in [1.29, 1.82) is 0 Å². The van der Waals surface area contributed by atoms with Gasteiger partial charge in [-0.15, -0.1) is 0 Å². The lowest BCUT2D eigenvalue weighted by atomic mass is 9.89. The first-order valence-corrected chi connectivity index (χ1v) is 10.2. The van der Waals surface area contributed by atoms with Crippen molar-refractivity contribution >= 4 is 28.5 Å². The quantitative estimate of drug-likeness (QED) is 0.643. The fourth-order valence-corrected chi connectivity index (χ4v) is 4.55. The molecular weight excluding hydrogens is 358 g/mol. The van der Waals surface area contributed by atoms with Crippen molar-refractivity contribution in [3.05, 3.63) is 41.8 Å². The van der Waals surface area contributed by atoms with E-state index in [4.69, 9.17) is 11.6 Å². The lowest BCUT2D eigenvalue weighted by Crippen LogP contribution is -2.49. The predicted octanol–water partition coefficient (Wildman–Crippen LogP) is 4.71. The predicted molar refractivity (Wildman–Crippen MR) is 110 cm³/mol. The summed E-state index contributed by atoms with van der Waals surface area (Å²) in [6.07, 6.45) is 10.3. The van der Waals surface area contributed by atoms with Crippen LogP contribution in [-0.2, 0) is 0 Å². The Morgan fingerprint density at radius 3 is 2.96 bits per heavy atom. The Bertz CT molecular complexity index is 949. The van der Waals surface area contributed by atoms with Crippen molar-refractivity contribution in [2.45, 2.75) is 44.2 Å². The second-order valence-electron chi connectivity index (χ2n) is 7.73. The number of piperidine rings is 1. The third-order valence-electron chi connectivity index (χ3n) is 5.95. The molecule has 4 heterocycles. The van der Waals surface area contributed by atoms with E-state index >= 15 is 0 Å². The zero-order chi connectivity index (χ0) is 18.2. The number of nitrogens with zero attached hydrogens (tertiary/aromatic N) is 3. The third kappa shape index (κ3) is 3.42. The molecular formula is C21H24ClN5. The van der Waals surface area contributed by atoms with E-state index in [0.29, 0.717) is 11.2 Å². The summed E-state index contributed by atoms with van der Waals surface area (Å²) < 4.78 is 0. The smallest absolute Gasteiger partial charge is 0.137 e. The molecule has 1 saturated carbocycles. The Morgan fingerprint density at radius 1 is 1.19 bits per heavy atom. The van der Waals surface area contributed by atoms with E-state index in [0.717, 1.165) is 40.6 Å². The number of rotatable bonds is 4. The number of aromatic amines is 1. The van der Waals surface area contributed by atoms with Crippen molar-refractivity contribution < 1.29 is 0 Å². The normalized spacial score (nSPS) is 21.3. The summed E-state index contributed by atoms with van der Waals surface area (Å²) in [5.41, 5.74) is 3.05. The van der Waals surface area contributed by atoms with Crippen molar-refractivity contribution in [2.24, 2.45) is 0 Å². The zero-order valence-corrected chi connectivity index (χ0v) is 16.0. The molecule has 1 aliphatic carbocycles. The van der Waals surface area contributed by atoms with Gasteiger partial charge in [-0.25, -0.2) is 9.97 Å². The van der Waals surface area contributed by atoms with Crippen LogP contribution >= 0.6 is 11.6 Å². The van der Waals surface area contributed by atoms with E-state index in [2.05, 4.69) is 37.3 Å². The molecule has 1 aliphatic heterocycles. The van der Waals surface area contributed by atoms with Gasteiger partial charge in [-0.3, -0.25) is 4.90 Å². The minimum Gasteiger partial charge on any atom is -0.366 e. The molecule has 0 amide bonds. The number of fused-ring (bicyclic) bond motifs is 1. The van der Waals surface area contributed by atoms with Gasteiger partial charge in [-0.1, -0.05) is 18.0 Å². The molecule has 0 radical (unpaired) electrons. The van der Waals surface area contributed by atoms with Crippen LogP contribution in [0.25, 0.3) is 22.2 Å². The van der Waals surface area contributed by atoms with E-state index in [1.165, 1.54) is 38.6 Å². The van der Waals surface area contributed by atoms with Gasteiger partial charge in [0.05, 0.1) is 0 Å². The maximum atomic E-state index is 6.36.